The Hall–Kier alpha value is -5.18. The highest BCUT2D eigenvalue weighted by atomic mass is 19.4. The van der Waals surface area contributed by atoms with Gasteiger partial charge in [-0.2, -0.15) is 39.0 Å². The number of nitrogens with one attached hydrogen (secondary N) is 1. The van der Waals surface area contributed by atoms with Crippen molar-refractivity contribution in [2.24, 2.45) is 0 Å². The summed E-state index contributed by atoms with van der Waals surface area (Å²) in [5, 5.41) is 31.9. The van der Waals surface area contributed by atoms with E-state index in [-0.39, 0.29) is 21.8 Å². The summed E-state index contributed by atoms with van der Waals surface area (Å²) in [6, 6.07) is 5.24. The molecule has 0 aliphatic rings. The molecule has 15 heteroatoms. The van der Waals surface area contributed by atoms with Crippen LogP contribution in [0.4, 0.5) is 23.2 Å². The molecule has 0 saturated heterocycles. The van der Waals surface area contributed by atoms with Gasteiger partial charge < -0.3 is 5.32 Å². The summed E-state index contributed by atoms with van der Waals surface area (Å²) in [6.45, 7) is 0. The number of carbonyl (C=O) groups excluding carboxylic acids is 1. The first-order chi connectivity index (χ1) is 16.2. The number of aromatic nitrogens is 7. The molecule has 4 rings (SSSR count). The zero-order chi connectivity index (χ0) is 24.5. The van der Waals surface area contributed by atoms with E-state index in [0.29, 0.717) is 18.5 Å². The normalized spacial score (nSPS) is 11.0. The van der Waals surface area contributed by atoms with Gasteiger partial charge >= 0.3 is 6.18 Å². The van der Waals surface area contributed by atoms with Gasteiger partial charge in [0, 0.05) is 0 Å². The van der Waals surface area contributed by atoms with Crippen LogP contribution in [0.1, 0.15) is 27.2 Å². The first kappa shape index (κ1) is 22.0. The van der Waals surface area contributed by atoms with E-state index in [1.54, 1.807) is 0 Å². The molecule has 0 aromatic carbocycles. The second-order valence-corrected chi connectivity index (χ2v) is 6.43. The lowest BCUT2D eigenvalue weighted by molar-refractivity contribution is -0.143. The van der Waals surface area contributed by atoms with Crippen LogP contribution in [0.2, 0.25) is 0 Å². The maximum absolute atomic E-state index is 13.9. The van der Waals surface area contributed by atoms with E-state index in [4.69, 9.17) is 5.26 Å². The highest BCUT2D eigenvalue weighted by Crippen LogP contribution is 2.34. The fourth-order valence-corrected chi connectivity index (χ4v) is 2.92. The highest BCUT2D eigenvalue weighted by Gasteiger charge is 2.41. The van der Waals surface area contributed by atoms with Gasteiger partial charge in [0.15, 0.2) is 17.3 Å². The van der Waals surface area contributed by atoms with Crippen molar-refractivity contribution in [3.8, 4) is 23.8 Å². The molecule has 0 saturated carbocycles. The molecule has 4 heterocycles. The maximum Gasteiger partial charge on any atom is 0.434 e. The molecule has 4 aromatic rings. The van der Waals surface area contributed by atoms with Crippen molar-refractivity contribution >= 4 is 11.6 Å². The first-order valence-electron chi connectivity index (χ1n) is 9.02. The molecular weight excluding hydrogens is 460 g/mol. The second-order valence-electron chi connectivity index (χ2n) is 6.43. The Morgan fingerprint density at radius 2 is 1.59 bits per heavy atom. The van der Waals surface area contributed by atoms with E-state index in [0.717, 1.165) is 11.0 Å². The summed E-state index contributed by atoms with van der Waals surface area (Å²) in [7, 11) is 0. The standard InChI is InChI=1S/C19H8F4N10O/c20-12-3-10(5-24)16(26-7-12)32-15(19(21,22)23)14(9-30-32)18(34)31-13-4-11(6-25)17(27-8-13)33-28-1-2-29-33/h1-4,7-9H,(H,31,34). The van der Waals surface area contributed by atoms with Gasteiger partial charge in [0.1, 0.15) is 23.5 Å². The average molecular weight is 468 g/mol. The molecular formula is C19H8F4N10O. The van der Waals surface area contributed by atoms with Gasteiger partial charge in [-0.15, -0.1) is 4.80 Å². The number of nitriles is 2. The zero-order valence-electron chi connectivity index (χ0n) is 16.5. The number of amides is 1. The number of hydrogen-bond acceptors (Lipinski definition) is 8. The largest absolute Gasteiger partial charge is 0.434 e. The van der Waals surface area contributed by atoms with Crippen LogP contribution in [0, 0.1) is 28.5 Å². The van der Waals surface area contributed by atoms with E-state index in [2.05, 4.69) is 30.6 Å². The number of carbonyl (C=O) groups is 1. The minimum Gasteiger partial charge on any atom is -0.320 e. The third-order valence-electron chi connectivity index (χ3n) is 4.29. The van der Waals surface area contributed by atoms with Crippen molar-refractivity contribution in [1.82, 2.24) is 34.7 Å². The number of rotatable bonds is 4. The Balaban J connectivity index is 1.73. The molecule has 0 unspecified atom stereocenters. The molecule has 168 valence electrons. The van der Waals surface area contributed by atoms with Crippen LogP contribution in [0.5, 0.6) is 0 Å². The maximum atomic E-state index is 13.9. The number of pyridine rings is 2. The lowest BCUT2D eigenvalue weighted by atomic mass is 10.2. The Labute approximate surface area is 186 Å². The summed E-state index contributed by atoms with van der Waals surface area (Å²) in [6.07, 6.45) is -0.0545. The SMILES string of the molecule is N#Cc1cc(NC(=O)c2cnn(-c3ncc(F)cc3C#N)c2C(F)(F)F)cnc1-n1nccn1. The quantitative estimate of drug-likeness (QED) is 0.449. The van der Waals surface area contributed by atoms with E-state index in [9.17, 15) is 27.6 Å². The van der Waals surface area contributed by atoms with Crippen molar-refractivity contribution in [2.45, 2.75) is 6.18 Å². The molecule has 0 atom stereocenters. The summed E-state index contributed by atoms with van der Waals surface area (Å²) in [4.78, 5) is 21.2. The number of nitrogens with zero attached hydrogens (tertiary/aromatic N) is 9. The van der Waals surface area contributed by atoms with Crippen LogP contribution in [0.15, 0.2) is 43.1 Å². The van der Waals surface area contributed by atoms with Gasteiger partial charge in [-0.25, -0.2) is 19.0 Å². The van der Waals surface area contributed by atoms with Crippen molar-refractivity contribution < 1.29 is 22.4 Å². The molecule has 11 nitrogen and oxygen atoms in total. The van der Waals surface area contributed by atoms with Crippen LogP contribution in [0.3, 0.4) is 0 Å². The predicted octanol–water partition coefficient (Wildman–Crippen LogP) is 2.40. The third kappa shape index (κ3) is 4.00. The third-order valence-corrected chi connectivity index (χ3v) is 4.29. The van der Waals surface area contributed by atoms with E-state index >= 15 is 0 Å². The molecule has 0 aliphatic carbocycles. The second kappa shape index (κ2) is 8.40. The lowest BCUT2D eigenvalue weighted by Crippen LogP contribution is -2.21. The van der Waals surface area contributed by atoms with Crippen molar-refractivity contribution in [2.75, 3.05) is 5.32 Å². The highest BCUT2D eigenvalue weighted by molar-refractivity contribution is 6.05. The predicted molar refractivity (Wildman–Crippen MR) is 103 cm³/mol. The molecule has 0 radical (unpaired) electrons. The van der Waals surface area contributed by atoms with Crippen LogP contribution < -0.4 is 5.32 Å². The van der Waals surface area contributed by atoms with Crippen molar-refractivity contribution in [1.29, 1.82) is 10.5 Å². The molecule has 0 aliphatic heterocycles. The Kier molecular flexibility index (Phi) is 5.44. The minimum absolute atomic E-state index is 0.0423. The number of anilines is 1. The topological polar surface area (TPSA) is 151 Å². The minimum atomic E-state index is -5.10. The monoisotopic (exact) mass is 468 g/mol. The molecule has 0 spiro atoms. The van der Waals surface area contributed by atoms with Crippen LogP contribution in [-0.4, -0.2) is 40.6 Å². The fourth-order valence-electron chi connectivity index (χ4n) is 2.92. The molecule has 1 N–H and O–H groups in total. The summed E-state index contributed by atoms with van der Waals surface area (Å²) in [5.74, 6) is -2.73. The van der Waals surface area contributed by atoms with Crippen LogP contribution in [0.25, 0.3) is 11.6 Å². The van der Waals surface area contributed by atoms with Gasteiger partial charge in [0.2, 0.25) is 0 Å². The van der Waals surface area contributed by atoms with Crippen LogP contribution in [-0.2, 0) is 6.18 Å². The van der Waals surface area contributed by atoms with Gasteiger partial charge in [0.05, 0.1) is 47.8 Å². The molecule has 0 bridgehead atoms. The van der Waals surface area contributed by atoms with Gasteiger partial charge in [0.25, 0.3) is 5.91 Å². The van der Waals surface area contributed by atoms with E-state index in [1.165, 1.54) is 24.5 Å². The molecule has 34 heavy (non-hydrogen) atoms. The van der Waals surface area contributed by atoms with Gasteiger partial charge in [-0.05, 0) is 12.1 Å². The smallest absolute Gasteiger partial charge is 0.320 e. The lowest BCUT2D eigenvalue weighted by Gasteiger charge is -2.13. The molecule has 0 fully saturated rings. The average Bonchev–Trinajstić information content (AvgIpc) is 3.49. The molecule has 1 amide bonds. The number of alkyl halides is 3. The van der Waals surface area contributed by atoms with Gasteiger partial charge in [-0.1, -0.05) is 0 Å². The van der Waals surface area contributed by atoms with E-state index < -0.39 is 40.5 Å². The number of hydrogen-bond donors (Lipinski definition) is 1. The fraction of sp³-hybridized carbons (Fsp3) is 0.0526. The Morgan fingerprint density at radius 3 is 2.24 bits per heavy atom. The Morgan fingerprint density at radius 1 is 0.941 bits per heavy atom. The first-order valence-corrected chi connectivity index (χ1v) is 9.02. The summed E-state index contributed by atoms with van der Waals surface area (Å²) >= 11 is 0. The van der Waals surface area contributed by atoms with Crippen molar-refractivity contribution in [3.05, 3.63) is 71.3 Å². The van der Waals surface area contributed by atoms with Crippen molar-refractivity contribution in [3.63, 3.8) is 0 Å². The summed E-state index contributed by atoms with van der Waals surface area (Å²) in [5.41, 5.74) is -3.11. The zero-order valence-corrected chi connectivity index (χ0v) is 16.5. The molecule has 4 aromatic heterocycles. The Bertz CT molecular complexity index is 1480. The summed E-state index contributed by atoms with van der Waals surface area (Å²) < 4.78 is 55.2. The van der Waals surface area contributed by atoms with Crippen LogP contribution >= 0.6 is 0 Å². The number of halogens is 4. The van der Waals surface area contributed by atoms with Gasteiger partial charge in [-0.3, -0.25) is 4.79 Å². The van der Waals surface area contributed by atoms with E-state index in [1.807, 2.05) is 6.07 Å².